The summed E-state index contributed by atoms with van der Waals surface area (Å²) in [6.07, 6.45) is 2.09. The molecular weight excluding hydrogens is 470 g/mol. The van der Waals surface area contributed by atoms with Gasteiger partial charge in [0.05, 0.1) is 19.3 Å². The summed E-state index contributed by atoms with van der Waals surface area (Å²) in [6.45, 7) is 8.86. The Balaban J connectivity index is 1.40. The van der Waals surface area contributed by atoms with Crippen molar-refractivity contribution in [1.29, 1.82) is 0 Å². The molecule has 1 saturated carbocycles. The molecule has 0 aromatic heterocycles. The number of hydrogen-bond acceptors (Lipinski definition) is 5. The molecule has 1 aromatic carbocycles. The van der Waals surface area contributed by atoms with Crippen LogP contribution in [-0.4, -0.2) is 77.6 Å². The molecular formula is C26H34ClN3O5. The molecule has 35 heavy (non-hydrogen) atoms. The number of Topliss-reactive ketones (excluding diaryl/α,β-unsaturated/α-hetero) is 1. The third-order valence-corrected chi connectivity index (χ3v) is 7.77. The van der Waals surface area contributed by atoms with E-state index < -0.39 is 5.60 Å². The number of morpholine rings is 1. The number of carbonyl (C=O) groups excluding carboxylic acids is 3. The summed E-state index contributed by atoms with van der Waals surface area (Å²) in [5.41, 5.74) is 2.42. The van der Waals surface area contributed by atoms with Crippen molar-refractivity contribution in [3.8, 4) is 0 Å². The van der Waals surface area contributed by atoms with E-state index in [1.165, 1.54) is 0 Å². The summed E-state index contributed by atoms with van der Waals surface area (Å²) < 4.78 is 11.5. The number of amides is 3. The fraction of sp³-hybridized carbons (Fsp3) is 0.654. The van der Waals surface area contributed by atoms with Crippen molar-refractivity contribution in [2.24, 2.45) is 11.8 Å². The van der Waals surface area contributed by atoms with Gasteiger partial charge in [-0.05, 0) is 68.9 Å². The first-order chi connectivity index (χ1) is 16.6. The largest absolute Gasteiger partial charge is 0.444 e. The number of halogens is 1. The number of carbonyl (C=O) groups is 3. The minimum atomic E-state index is -0.605. The number of nitrogens with zero attached hydrogens (tertiary/aromatic N) is 3. The van der Waals surface area contributed by atoms with Gasteiger partial charge in [-0.2, -0.15) is 0 Å². The Morgan fingerprint density at radius 1 is 1.09 bits per heavy atom. The van der Waals surface area contributed by atoms with E-state index in [0.717, 1.165) is 29.5 Å². The summed E-state index contributed by atoms with van der Waals surface area (Å²) in [4.78, 5) is 44.3. The van der Waals surface area contributed by atoms with Gasteiger partial charge in [0.1, 0.15) is 11.4 Å². The number of hydrogen-bond donors (Lipinski definition) is 0. The van der Waals surface area contributed by atoms with Gasteiger partial charge in [0.2, 0.25) is 0 Å². The molecule has 1 aliphatic carbocycles. The lowest BCUT2D eigenvalue weighted by atomic mass is 9.90. The predicted octanol–water partition coefficient (Wildman–Crippen LogP) is 4.04. The van der Waals surface area contributed by atoms with E-state index in [4.69, 9.17) is 21.1 Å². The van der Waals surface area contributed by atoms with Crippen molar-refractivity contribution in [3.05, 3.63) is 33.8 Å². The third kappa shape index (κ3) is 4.87. The molecule has 3 fully saturated rings. The van der Waals surface area contributed by atoms with Gasteiger partial charge >= 0.3 is 12.1 Å². The summed E-state index contributed by atoms with van der Waals surface area (Å²) in [7, 11) is 0. The topological polar surface area (TPSA) is 79.4 Å². The first-order valence-electron chi connectivity index (χ1n) is 12.6. The number of benzene rings is 1. The summed E-state index contributed by atoms with van der Waals surface area (Å²) >= 11 is 6.51. The molecule has 0 spiro atoms. The zero-order valence-corrected chi connectivity index (χ0v) is 21.5. The highest BCUT2D eigenvalue weighted by atomic mass is 35.5. The van der Waals surface area contributed by atoms with Crippen LogP contribution in [0.5, 0.6) is 0 Å². The van der Waals surface area contributed by atoms with E-state index in [2.05, 4.69) is 0 Å². The molecule has 0 radical (unpaired) electrons. The van der Waals surface area contributed by atoms with Crippen molar-refractivity contribution in [2.45, 2.75) is 58.2 Å². The van der Waals surface area contributed by atoms with Gasteiger partial charge in [-0.15, -0.1) is 0 Å². The monoisotopic (exact) mass is 503 g/mol. The minimum Gasteiger partial charge on any atom is -0.444 e. The Morgan fingerprint density at radius 2 is 1.80 bits per heavy atom. The maximum absolute atomic E-state index is 13.5. The molecule has 2 saturated heterocycles. The zero-order chi connectivity index (χ0) is 24.9. The molecule has 3 atom stereocenters. The molecule has 2 unspecified atom stereocenters. The second-order valence-corrected chi connectivity index (χ2v) is 11.6. The maximum Gasteiger partial charge on any atom is 0.410 e. The molecule has 2 bridgehead atoms. The van der Waals surface area contributed by atoms with Crippen molar-refractivity contribution < 1.29 is 23.9 Å². The normalized spacial score (nSPS) is 26.6. The highest BCUT2D eigenvalue weighted by molar-refractivity contribution is 6.30. The highest BCUT2D eigenvalue weighted by Crippen LogP contribution is 2.37. The number of urea groups is 1. The molecule has 3 amide bonds. The fourth-order valence-electron chi connectivity index (χ4n) is 5.86. The van der Waals surface area contributed by atoms with E-state index in [-0.39, 0.29) is 30.0 Å². The number of piperidine rings is 1. The smallest absolute Gasteiger partial charge is 0.410 e. The van der Waals surface area contributed by atoms with Crippen molar-refractivity contribution in [3.63, 3.8) is 0 Å². The predicted molar refractivity (Wildman–Crippen MR) is 130 cm³/mol. The van der Waals surface area contributed by atoms with Gasteiger partial charge < -0.3 is 19.3 Å². The van der Waals surface area contributed by atoms with Crippen LogP contribution < -0.4 is 0 Å². The van der Waals surface area contributed by atoms with Crippen LogP contribution in [0, 0.1) is 11.8 Å². The number of ether oxygens (including phenoxy) is 2. The Labute approximate surface area is 211 Å². The first kappa shape index (κ1) is 24.4. The van der Waals surface area contributed by atoms with Crippen LogP contribution in [0.15, 0.2) is 12.1 Å². The molecule has 8 nitrogen and oxygen atoms in total. The molecule has 4 aliphatic rings. The van der Waals surface area contributed by atoms with Gasteiger partial charge in [0.15, 0.2) is 0 Å². The standard InChI is InChI=1S/C26H34ClN3O5/c1-26(2,3)35-25(33)30-8-9-34-15-22(30)20-11-19(27)10-16-6-7-28(14-21(16)20)24(32)29-12-17-4-5-18(13-29)23(17)31/h10-11,17-18,22H,4-9,12-15H2,1-3H3/t17?,18?,22-/m0/s1. The third-order valence-electron chi connectivity index (χ3n) is 7.55. The fourth-order valence-corrected chi connectivity index (χ4v) is 6.11. The molecule has 9 heteroatoms. The van der Waals surface area contributed by atoms with Gasteiger partial charge in [-0.25, -0.2) is 9.59 Å². The first-order valence-corrected chi connectivity index (χ1v) is 12.9. The SMILES string of the molecule is CC(C)(C)OC(=O)N1CCOC[C@H]1c1cc(Cl)cc2c1CN(C(=O)N1CC3CCC(C1)C3=O)CC2. The van der Waals surface area contributed by atoms with Crippen molar-refractivity contribution >= 4 is 29.5 Å². The molecule has 1 aromatic rings. The lowest BCUT2D eigenvalue weighted by Gasteiger charge is -2.40. The average molecular weight is 504 g/mol. The minimum absolute atomic E-state index is 0.00841. The van der Waals surface area contributed by atoms with Gasteiger partial charge in [0, 0.05) is 49.6 Å². The number of rotatable bonds is 1. The Morgan fingerprint density at radius 3 is 2.49 bits per heavy atom. The van der Waals surface area contributed by atoms with E-state index in [1.807, 2.05) is 42.7 Å². The number of likely N-dealkylation sites (tertiary alicyclic amines) is 1. The van der Waals surface area contributed by atoms with E-state index in [0.29, 0.717) is 63.2 Å². The van der Waals surface area contributed by atoms with Gasteiger partial charge in [-0.3, -0.25) is 9.69 Å². The van der Waals surface area contributed by atoms with Crippen LogP contribution in [0.4, 0.5) is 9.59 Å². The average Bonchev–Trinajstić information content (AvgIpc) is 3.01. The Hall–Kier alpha value is -2.32. The van der Waals surface area contributed by atoms with Crippen molar-refractivity contribution in [2.75, 3.05) is 39.4 Å². The molecule has 190 valence electrons. The van der Waals surface area contributed by atoms with Crippen LogP contribution >= 0.6 is 11.6 Å². The number of fused-ring (bicyclic) bond motifs is 3. The van der Waals surface area contributed by atoms with Crippen LogP contribution in [0.2, 0.25) is 5.02 Å². The Kier molecular flexibility index (Phi) is 6.46. The second-order valence-electron chi connectivity index (χ2n) is 11.1. The number of ketones is 1. The van der Waals surface area contributed by atoms with Crippen LogP contribution in [0.1, 0.15) is 56.3 Å². The molecule has 5 rings (SSSR count). The van der Waals surface area contributed by atoms with Crippen LogP contribution in [0.3, 0.4) is 0 Å². The lowest BCUT2D eigenvalue weighted by molar-refractivity contribution is -0.126. The van der Waals surface area contributed by atoms with E-state index in [1.54, 1.807) is 4.90 Å². The van der Waals surface area contributed by atoms with Gasteiger partial charge in [0.25, 0.3) is 0 Å². The quantitative estimate of drug-likeness (QED) is 0.578. The van der Waals surface area contributed by atoms with Crippen LogP contribution in [0.25, 0.3) is 0 Å². The maximum atomic E-state index is 13.5. The zero-order valence-electron chi connectivity index (χ0n) is 20.7. The summed E-state index contributed by atoms with van der Waals surface area (Å²) in [5.74, 6) is 0.311. The Bertz CT molecular complexity index is 1020. The summed E-state index contributed by atoms with van der Waals surface area (Å²) in [6, 6.07) is 3.50. The van der Waals surface area contributed by atoms with Crippen molar-refractivity contribution in [1.82, 2.24) is 14.7 Å². The summed E-state index contributed by atoms with van der Waals surface area (Å²) in [5, 5.41) is 0.611. The molecule has 3 heterocycles. The highest BCUT2D eigenvalue weighted by Gasteiger charge is 2.43. The molecule has 3 aliphatic heterocycles. The molecule has 0 N–H and O–H groups in total. The van der Waals surface area contributed by atoms with E-state index >= 15 is 0 Å². The van der Waals surface area contributed by atoms with Crippen LogP contribution in [-0.2, 0) is 27.2 Å². The van der Waals surface area contributed by atoms with Gasteiger partial charge in [-0.1, -0.05) is 11.6 Å². The second kappa shape index (κ2) is 9.28. The lowest BCUT2D eigenvalue weighted by Crippen LogP contribution is -2.52. The van der Waals surface area contributed by atoms with E-state index in [9.17, 15) is 14.4 Å².